The molecule has 2 aliphatic heterocycles. The van der Waals surface area contributed by atoms with Crippen LogP contribution in [0.1, 0.15) is 71.6 Å². The zero-order chi connectivity index (χ0) is 18.8. The van der Waals surface area contributed by atoms with Crippen LogP contribution in [0.2, 0.25) is 0 Å². The molecule has 2 aliphatic carbocycles. The smallest absolute Gasteiger partial charge is 0.223 e. The van der Waals surface area contributed by atoms with Gasteiger partial charge in [0.15, 0.2) is 0 Å². The number of hydrogen-bond donors (Lipinski definition) is 4. The van der Waals surface area contributed by atoms with Crippen LogP contribution in [0.5, 0.6) is 0 Å². The molecule has 154 valence electrons. The molecule has 8 atom stereocenters. The zero-order valence-corrected chi connectivity index (χ0v) is 17.0. The molecule has 2 saturated carbocycles. The lowest BCUT2D eigenvalue weighted by Gasteiger charge is -2.37. The Morgan fingerprint density at radius 1 is 1.04 bits per heavy atom. The first-order valence-electron chi connectivity index (χ1n) is 11.4. The van der Waals surface area contributed by atoms with Gasteiger partial charge in [-0.15, -0.1) is 0 Å². The van der Waals surface area contributed by atoms with E-state index in [1.54, 1.807) is 0 Å². The summed E-state index contributed by atoms with van der Waals surface area (Å²) < 4.78 is 0. The summed E-state index contributed by atoms with van der Waals surface area (Å²) in [6.45, 7) is 5.34. The van der Waals surface area contributed by atoms with Gasteiger partial charge < -0.3 is 10.6 Å². The fourth-order valence-electron chi connectivity index (χ4n) is 5.99. The summed E-state index contributed by atoms with van der Waals surface area (Å²) >= 11 is 0. The van der Waals surface area contributed by atoms with Gasteiger partial charge in [0.25, 0.3) is 0 Å². The summed E-state index contributed by atoms with van der Waals surface area (Å²) in [5.41, 5.74) is 3.22. The number of hydroxylamine groups is 1. The van der Waals surface area contributed by atoms with Gasteiger partial charge >= 0.3 is 0 Å². The summed E-state index contributed by atoms with van der Waals surface area (Å²) in [4.78, 5) is 18.5. The van der Waals surface area contributed by atoms with Crippen molar-refractivity contribution in [3.63, 3.8) is 0 Å². The molecule has 0 radical (unpaired) electrons. The van der Waals surface area contributed by atoms with E-state index < -0.39 is 0 Å². The molecular weight excluding hydrogens is 340 g/mol. The van der Waals surface area contributed by atoms with Gasteiger partial charge in [0, 0.05) is 18.0 Å². The minimum atomic E-state index is 0.153. The molecule has 0 spiro atoms. The molecule has 4 N–H and O–H groups in total. The van der Waals surface area contributed by atoms with Gasteiger partial charge in [0.05, 0.1) is 6.17 Å². The summed E-state index contributed by atoms with van der Waals surface area (Å²) in [5, 5.41) is 10.6. The molecule has 7 unspecified atom stereocenters. The van der Waals surface area contributed by atoms with Gasteiger partial charge in [-0.05, 0) is 82.1 Å². The second kappa shape index (κ2) is 8.76. The predicted molar refractivity (Wildman–Crippen MR) is 106 cm³/mol. The van der Waals surface area contributed by atoms with Gasteiger partial charge in [-0.1, -0.05) is 13.8 Å². The molecule has 6 heteroatoms. The van der Waals surface area contributed by atoms with Crippen molar-refractivity contribution in [2.45, 2.75) is 96.1 Å². The minimum Gasteiger partial charge on any atom is -0.353 e. The molecule has 6 nitrogen and oxygen atoms in total. The van der Waals surface area contributed by atoms with Crippen LogP contribution in [0.4, 0.5) is 0 Å². The second-order valence-electron chi connectivity index (χ2n) is 9.25. The van der Waals surface area contributed by atoms with E-state index in [1.165, 1.54) is 25.7 Å². The molecule has 2 heterocycles. The number of carbonyl (C=O) groups excluding carboxylic acids is 1. The van der Waals surface area contributed by atoms with Crippen molar-refractivity contribution in [3.05, 3.63) is 0 Å². The largest absolute Gasteiger partial charge is 0.353 e. The molecule has 0 aromatic heterocycles. The maximum Gasteiger partial charge on any atom is 0.223 e. The Balaban J connectivity index is 1.27. The zero-order valence-electron chi connectivity index (χ0n) is 17.0. The summed E-state index contributed by atoms with van der Waals surface area (Å²) in [6.07, 6.45) is 10.7. The van der Waals surface area contributed by atoms with Crippen LogP contribution in [0.3, 0.4) is 0 Å². The molecule has 27 heavy (non-hydrogen) atoms. The number of nitrogens with one attached hydrogen (secondary N) is 4. The molecule has 4 fully saturated rings. The third-order valence-electron chi connectivity index (χ3n) is 7.68. The Bertz CT molecular complexity index is 516. The minimum absolute atomic E-state index is 0.153. The van der Waals surface area contributed by atoms with Gasteiger partial charge in [0.2, 0.25) is 5.91 Å². The van der Waals surface area contributed by atoms with Crippen molar-refractivity contribution < 1.29 is 9.63 Å². The SMILES string of the molecule is CCC1CC(C(=O)N[C@@H]2CCC3CC(C4NOC(CC)N4)CCC32)CCN1. The van der Waals surface area contributed by atoms with E-state index in [9.17, 15) is 4.79 Å². The summed E-state index contributed by atoms with van der Waals surface area (Å²) in [6, 6.07) is 0.921. The monoisotopic (exact) mass is 378 g/mol. The normalized spacial score (nSPS) is 44.8. The topological polar surface area (TPSA) is 74.4 Å². The van der Waals surface area contributed by atoms with Gasteiger partial charge in [-0.25, -0.2) is 0 Å². The van der Waals surface area contributed by atoms with E-state index in [2.05, 4.69) is 35.3 Å². The highest BCUT2D eigenvalue weighted by molar-refractivity contribution is 5.79. The average Bonchev–Trinajstić information content (AvgIpc) is 3.35. The van der Waals surface area contributed by atoms with Crippen LogP contribution in [0.25, 0.3) is 0 Å². The van der Waals surface area contributed by atoms with E-state index in [0.29, 0.717) is 36.0 Å². The average molecular weight is 379 g/mol. The van der Waals surface area contributed by atoms with E-state index in [1.807, 2.05) is 0 Å². The van der Waals surface area contributed by atoms with Gasteiger partial charge in [-0.3, -0.25) is 14.9 Å². The van der Waals surface area contributed by atoms with Crippen LogP contribution in [-0.2, 0) is 9.63 Å². The van der Waals surface area contributed by atoms with Crippen molar-refractivity contribution in [1.29, 1.82) is 0 Å². The van der Waals surface area contributed by atoms with Crippen molar-refractivity contribution in [2.24, 2.45) is 23.7 Å². The number of carbonyl (C=O) groups is 1. The van der Waals surface area contributed by atoms with Crippen molar-refractivity contribution in [2.75, 3.05) is 6.54 Å². The summed E-state index contributed by atoms with van der Waals surface area (Å²) in [5.74, 6) is 2.61. The van der Waals surface area contributed by atoms with Crippen LogP contribution in [0, 0.1) is 23.7 Å². The fourth-order valence-corrected chi connectivity index (χ4v) is 5.99. The summed E-state index contributed by atoms with van der Waals surface area (Å²) in [7, 11) is 0. The molecule has 4 aliphatic rings. The number of fused-ring (bicyclic) bond motifs is 1. The van der Waals surface area contributed by atoms with Crippen molar-refractivity contribution >= 4 is 5.91 Å². The Hall–Kier alpha value is -0.690. The third kappa shape index (κ3) is 4.34. The maximum absolute atomic E-state index is 12.9. The Kier molecular flexibility index (Phi) is 6.37. The van der Waals surface area contributed by atoms with Crippen molar-refractivity contribution in [1.82, 2.24) is 21.4 Å². The molecule has 2 saturated heterocycles. The number of amides is 1. The van der Waals surface area contributed by atoms with Crippen LogP contribution < -0.4 is 21.4 Å². The van der Waals surface area contributed by atoms with Crippen LogP contribution in [-0.4, -0.2) is 36.9 Å². The maximum atomic E-state index is 12.9. The molecule has 0 aromatic rings. The standard InChI is InChI=1S/C21H38N4O2/c1-3-16-12-15(9-10-22-16)21(26)23-18-8-6-13-11-14(5-7-17(13)18)20-24-19(4-2)27-25-20/h13-20,22,24-25H,3-12H2,1-2H3,(H,23,26)/t13?,14?,15?,16?,17?,18-,19?,20?/m1/s1. The fraction of sp³-hybridized carbons (Fsp3) is 0.952. The number of rotatable bonds is 5. The lowest BCUT2D eigenvalue weighted by atomic mass is 9.73. The molecule has 4 rings (SSSR count). The highest BCUT2D eigenvalue weighted by Crippen LogP contribution is 2.45. The molecule has 0 aromatic carbocycles. The highest BCUT2D eigenvalue weighted by atomic mass is 16.7. The van der Waals surface area contributed by atoms with Crippen LogP contribution in [0.15, 0.2) is 0 Å². The molecular formula is C21H38N4O2. The lowest BCUT2D eigenvalue weighted by Crippen LogP contribution is -2.48. The lowest BCUT2D eigenvalue weighted by molar-refractivity contribution is -0.127. The quantitative estimate of drug-likeness (QED) is 0.591. The highest BCUT2D eigenvalue weighted by Gasteiger charge is 2.44. The molecule has 0 bridgehead atoms. The first kappa shape index (κ1) is 19.6. The first-order chi connectivity index (χ1) is 13.2. The predicted octanol–water partition coefficient (Wildman–Crippen LogP) is 2.26. The van der Waals surface area contributed by atoms with E-state index in [0.717, 1.165) is 44.6 Å². The van der Waals surface area contributed by atoms with E-state index in [4.69, 9.17) is 4.84 Å². The molecule has 1 amide bonds. The Labute approximate surface area is 163 Å². The van der Waals surface area contributed by atoms with E-state index >= 15 is 0 Å². The Morgan fingerprint density at radius 2 is 1.89 bits per heavy atom. The Morgan fingerprint density at radius 3 is 2.67 bits per heavy atom. The van der Waals surface area contributed by atoms with Crippen LogP contribution >= 0.6 is 0 Å². The number of hydrogen-bond acceptors (Lipinski definition) is 5. The van der Waals surface area contributed by atoms with Crippen molar-refractivity contribution in [3.8, 4) is 0 Å². The van der Waals surface area contributed by atoms with Gasteiger partial charge in [0.1, 0.15) is 6.23 Å². The van der Waals surface area contributed by atoms with E-state index in [-0.39, 0.29) is 12.1 Å². The second-order valence-corrected chi connectivity index (χ2v) is 9.25. The van der Waals surface area contributed by atoms with Gasteiger partial charge in [-0.2, -0.15) is 5.48 Å². The third-order valence-corrected chi connectivity index (χ3v) is 7.68. The number of piperidine rings is 1. The first-order valence-corrected chi connectivity index (χ1v) is 11.4.